The maximum atomic E-state index is 2.70. The molecule has 2 nitrogen and oxygen atoms in total. The molecule has 0 saturated carbocycles. The lowest BCUT2D eigenvalue weighted by Crippen LogP contribution is -2.39. The van der Waals surface area contributed by atoms with Crippen LogP contribution in [0.3, 0.4) is 0 Å². The van der Waals surface area contributed by atoms with Gasteiger partial charge < -0.3 is 9.80 Å². The Labute approximate surface area is 254 Å². The predicted octanol–water partition coefficient (Wildman–Crippen LogP) is 13.2. The molecule has 0 aromatic heterocycles. The van der Waals surface area contributed by atoms with E-state index >= 15 is 0 Å². The van der Waals surface area contributed by atoms with Gasteiger partial charge in [-0.2, -0.15) is 0 Å². The SMILES string of the molecule is CCCCCCCCCCCCCCCCCN1C=CN(CCCCC)C1CCCCCCCCCCCCC. The van der Waals surface area contributed by atoms with Gasteiger partial charge in [0, 0.05) is 25.5 Å². The number of hydrogen-bond acceptors (Lipinski definition) is 2. The average Bonchev–Trinajstić information content (AvgIpc) is 3.35. The zero-order valence-electron chi connectivity index (χ0n) is 28.3. The third-order valence-electron chi connectivity index (χ3n) is 9.32. The van der Waals surface area contributed by atoms with Crippen molar-refractivity contribution in [1.29, 1.82) is 0 Å². The van der Waals surface area contributed by atoms with Crippen LogP contribution < -0.4 is 0 Å². The standard InChI is InChI=1S/C38H76N2/c1-4-7-10-12-14-16-18-19-20-21-23-25-27-29-32-35-40-37-36-39(34-31-9-6-3)38(40)33-30-28-26-24-22-17-15-13-11-8-5-2/h36-38H,4-35H2,1-3H3. The number of unbranched alkanes of at least 4 members (excludes halogenated alkanes) is 26. The Balaban J connectivity index is 2.08. The summed E-state index contributed by atoms with van der Waals surface area (Å²) in [6.07, 6.45) is 48.5. The van der Waals surface area contributed by atoms with Gasteiger partial charge in [0.15, 0.2) is 0 Å². The van der Waals surface area contributed by atoms with Crippen LogP contribution in [-0.2, 0) is 0 Å². The summed E-state index contributed by atoms with van der Waals surface area (Å²) in [7, 11) is 0. The third kappa shape index (κ3) is 22.0. The largest absolute Gasteiger partial charge is 0.356 e. The number of hydrogen-bond donors (Lipinski definition) is 0. The summed E-state index contributed by atoms with van der Waals surface area (Å²) in [5.41, 5.74) is 0. The van der Waals surface area contributed by atoms with Crippen LogP contribution in [-0.4, -0.2) is 29.1 Å². The summed E-state index contributed by atoms with van der Waals surface area (Å²) in [6, 6.07) is 0. The lowest BCUT2D eigenvalue weighted by Gasteiger charge is -2.33. The fourth-order valence-corrected chi connectivity index (χ4v) is 6.54. The predicted molar refractivity (Wildman–Crippen MR) is 182 cm³/mol. The molecule has 1 rings (SSSR count). The Bertz CT molecular complexity index is 516. The number of rotatable bonds is 32. The molecule has 0 aliphatic carbocycles. The van der Waals surface area contributed by atoms with E-state index in [1.54, 1.807) is 0 Å². The molecule has 0 bridgehead atoms. The Morgan fingerprint density at radius 1 is 0.325 bits per heavy atom. The molecule has 1 aliphatic rings. The van der Waals surface area contributed by atoms with Crippen LogP contribution in [0.5, 0.6) is 0 Å². The molecule has 0 amide bonds. The summed E-state index contributed by atoms with van der Waals surface area (Å²) < 4.78 is 0. The van der Waals surface area contributed by atoms with Gasteiger partial charge >= 0.3 is 0 Å². The minimum absolute atomic E-state index is 0.641. The first kappa shape index (κ1) is 37.4. The molecule has 0 fully saturated rings. The first-order chi connectivity index (χ1) is 19.8. The van der Waals surface area contributed by atoms with Crippen LogP contribution >= 0.6 is 0 Å². The quantitative estimate of drug-likeness (QED) is 0.0755. The Morgan fingerprint density at radius 3 is 0.925 bits per heavy atom. The van der Waals surface area contributed by atoms with Gasteiger partial charge in [-0.25, -0.2) is 0 Å². The minimum Gasteiger partial charge on any atom is -0.356 e. The molecule has 1 unspecified atom stereocenters. The van der Waals surface area contributed by atoms with E-state index < -0.39 is 0 Å². The zero-order valence-corrected chi connectivity index (χ0v) is 28.3. The van der Waals surface area contributed by atoms with Crippen LogP contribution in [0, 0.1) is 0 Å². The van der Waals surface area contributed by atoms with E-state index in [4.69, 9.17) is 0 Å². The highest BCUT2D eigenvalue weighted by Gasteiger charge is 2.24. The van der Waals surface area contributed by atoms with E-state index in [0.717, 1.165) is 0 Å². The first-order valence-corrected chi connectivity index (χ1v) is 19.0. The highest BCUT2D eigenvalue weighted by atomic mass is 15.4. The second-order valence-corrected chi connectivity index (χ2v) is 13.2. The normalized spacial score (nSPS) is 15.1. The van der Waals surface area contributed by atoms with Gasteiger partial charge in [0.25, 0.3) is 0 Å². The average molecular weight is 561 g/mol. The summed E-state index contributed by atoms with van der Waals surface area (Å²) >= 11 is 0. The molecular weight excluding hydrogens is 484 g/mol. The van der Waals surface area contributed by atoms with Gasteiger partial charge in [0.05, 0.1) is 0 Å². The first-order valence-electron chi connectivity index (χ1n) is 19.0. The maximum Gasteiger partial charge on any atom is 0.101 e. The molecule has 0 radical (unpaired) electrons. The summed E-state index contributed by atoms with van der Waals surface area (Å²) in [5, 5.41) is 0. The molecule has 0 N–H and O–H groups in total. The molecule has 40 heavy (non-hydrogen) atoms. The van der Waals surface area contributed by atoms with Gasteiger partial charge in [0.1, 0.15) is 6.17 Å². The number of nitrogens with zero attached hydrogens (tertiary/aromatic N) is 2. The molecule has 1 aliphatic heterocycles. The van der Waals surface area contributed by atoms with Crippen LogP contribution in [0.2, 0.25) is 0 Å². The van der Waals surface area contributed by atoms with Crippen molar-refractivity contribution < 1.29 is 0 Å². The fraction of sp³-hybridized carbons (Fsp3) is 0.947. The molecule has 0 saturated heterocycles. The van der Waals surface area contributed by atoms with E-state index in [1.165, 1.54) is 206 Å². The van der Waals surface area contributed by atoms with Crippen molar-refractivity contribution in [3.63, 3.8) is 0 Å². The summed E-state index contributed by atoms with van der Waals surface area (Å²) in [4.78, 5) is 5.38. The van der Waals surface area contributed by atoms with Crippen molar-refractivity contribution >= 4 is 0 Å². The van der Waals surface area contributed by atoms with Crippen LogP contribution in [0.4, 0.5) is 0 Å². The second kappa shape index (κ2) is 29.8. The van der Waals surface area contributed by atoms with Crippen molar-refractivity contribution in [2.24, 2.45) is 0 Å². The highest BCUT2D eigenvalue weighted by molar-refractivity contribution is 4.97. The van der Waals surface area contributed by atoms with Crippen molar-refractivity contribution in [3.05, 3.63) is 12.4 Å². The van der Waals surface area contributed by atoms with E-state index in [0.29, 0.717) is 6.17 Å². The van der Waals surface area contributed by atoms with Crippen LogP contribution in [0.15, 0.2) is 12.4 Å². The Kier molecular flexibility index (Phi) is 27.9. The minimum atomic E-state index is 0.641. The van der Waals surface area contributed by atoms with Gasteiger partial charge in [-0.05, 0) is 25.7 Å². The van der Waals surface area contributed by atoms with E-state index in [2.05, 4.69) is 43.0 Å². The van der Waals surface area contributed by atoms with Crippen molar-refractivity contribution in [2.75, 3.05) is 13.1 Å². The van der Waals surface area contributed by atoms with Crippen molar-refractivity contribution in [2.45, 2.75) is 220 Å². The third-order valence-corrected chi connectivity index (χ3v) is 9.32. The maximum absolute atomic E-state index is 2.70. The van der Waals surface area contributed by atoms with E-state index in [9.17, 15) is 0 Å². The zero-order chi connectivity index (χ0) is 28.8. The molecule has 1 atom stereocenters. The second-order valence-electron chi connectivity index (χ2n) is 13.2. The summed E-state index contributed by atoms with van der Waals surface area (Å²) in [5.74, 6) is 0. The monoisotopic (exact) mass is 561 g/mol. The van der Waals surface area contributed by atoms with Gasteiger partial charge in [-0.3, -0.25) is 0 Å². The van der Waals surface area contributed by atoms with Gasteiger partial charge in [0.2, 0.25) is 0 Å². The lowest BCUT2D eigenvalue weighted by atomic mass is 10.0. The molecule has 0 aromatic rings. The molecular formula is C38H76N2. The van der Waals surface area contributed by atoms with Crippen LogP contribution in [0.25, 0.3) is 0 Å². The summed E-state index contributed by atoms with van der Waals surface area (Å²) in [6.45, 7) is 9.46. The smallest absolute Gasteiger partial charge is 0.101 e. The van der Waals surface area contributed by atoms with E-state index in [1.807, 2.05) is 0 Å². The van der Waals surface area contributed by atoms with Gasteiger partial charge in [-0.1, -0.05) is 188 Å². The van der Waals surface area contributed by atoms with Crippen molar-refractivity contribution in [1.82, 2.24) is 9.80 Å². The highest BCUT2D eigenvalue weighted by Crippen LogP contribution is 2.24. The Morgan fingerprint density at radius 2 is 0.575 bits per heavy atom. The van der Waals surface area contributed by atoms with Crippen molar-refractivity contribution in [3.8, 4) is 0 Å². The van der Waals surface area contributed by atoms with E-state index in [-0.39, 0.29) is 0 Å². The molecule has 0 aromatic carbocycles. The molecule has 2 heteroatoms. The molecule has 0 spiro atoms. The fourth-order valence-electron chi connectivity index (χ4n) is 6.54. The Hall–Kier alpha value is -0.660. The molecule has 1 heterocycles. The molecule has 238 valence electrons. The van der Waals surface area contributed by atoms with Gasteiger partial charge in [-0.15, -0.1) is 0 Å². The lowest BCUT2D eigenvalue weighted by molar-refractivity contribution is 0.135. The van der Waals surface area contributed by atoms with Crippen LogP contribution in [0.1, 0.15) is 213 Å². The topological polar surface area (TPSA) is 6.48 Å².